The number of amides is 1. The summed E-state index contributed by atoms with van der Waals surface area (Å²) in [6, 6.07) is 0.190. The standard InChI is InChI=1S/C21H31N5O2/c1-2-7-26-20-18(23-19(24-20)14-5-3-4-6-14)17-16(21(26)27)12-15(22-17)13-25-8-10-28-11-9-25/h14-16H,2-13H2,1H3,(H,23,24). The molecule has 0 aromatic carbocycles. The zero-order valence-corrected chi connectivity index (χ0v) is 16.8. The Labute approximate surface area is 166 Å². The lowest BCUT2D eigenvalue weighted by Crippen LogP contribution is -2.44. The summed E-state index contributed by atoms with van der Waals surface area (Å²) in [4.78, 5) is 31.2. The lowest BCUT2D eigenvalue weighted by molar-refractivity contribution is -0.120. The number of aliphatic imine (C=N–C) groups is 1. The monoisotopic (exact) mass is 385 g/mol. The van der Waals surface area contributed by atoms with Gasteiger partial charge in [-0.3, -0.25) is 19.6 Å². The molecule has 0 radical (unpaired) electrons. The van der Waals surface area contributed by atoms with Crippen molar-refractivity contribution in [3.63, 3.8) is 0 Å². The van der Waals surface area contributed by atoms with E-state index in [1.807, 2.05) is 4.90 Å². The molecule has 1 aromatic rings. The third-order valence-electron chi connectivity index (χ3n) is 6.70. The third kappa shape index (κ3) is 3.18. The molecule has 2 fully saturated rings. The molecule has 2 unspecified atom stereocenters. The van der Waals surface area contributed by atoms with Crippen molar-refractivity contribution in [1.82, 2.24) is 14.9 Å². The van der Waals surface area contributed by atoms with Gasteiger partial charge in [0.15, 0.2) is 5.82 Å². The second-order valence-corrected chi connectivity index (χ2v) is 8.66. The van der Waals surface area contributed by atoms with E-state index in [0.717, 1.165) is 75.3 Å². The fourth-order valence-electron chi connectivity index (χ4n) is 5.26. The molecule has 1 aliphatic carbocycles. The fourth-order valence-corrected chi connectivity index (χ4v) is 5.26. The number of H-pyrrole nitrogens is 1. The molecule has 3 aliphatic heterocycles. The molecular formula is C21H31N5O2. The molecule has 2 atom stereocenters. The number of morpholine rings is 1. The quantitative estimate of drug-likeness (QED) is 0.844. The summed E-state index contributed by atoms with van der Waals surface area (Å²) >= 11 is 0. The first kappa shape index (κ1) is 18.3. The van der Waals surface area contributed by atoms with Crippen molar-refractivity contribution in [2.24, 2.45) is 10.9 Å². The van der Waals surface area contributed by atoms with E-state index >= 15 is 0 Å². The zero-order valence-electron chi connectivity index (χ0n) is 16.8. The van der Waals surface area contributed by atoms with Crippen molar-refractivity contribution in [3.05, 3.63) is 11.5 Å². The van der Waals surface area contributed by atoms with E-state index in [4.69, 9.17) is 14.7 Å². The highest BCUT2D eigenvalue weighted by molar-refractivity contribution is 6.23. The van der Waals surface area contributed by atoms with Crippen molar-refractivity contribution in [3.8, 4) is 0 Å². The summed E-state index contributed by atoms with van der Waals surface area (Å²) in [6.07, 6.45) is 6.71. The van der Waals surface area contributed by atoms with Gasteiger partial charge in [0.2, 0.25) is 5.91 Å². The minimum atomic E-state index is -0.109. The molecule has 7 nitrogen and oxygen atoms in total. The van der Waals surface area contributed by atoms with E-state index in [0.29, 0.717) is 5.92 Å². The molecular weight excluding hydrogens is 354 g/mol. The first-order valence-electron chi connectivity index (χ1n) is 11.0. The number of imidazole rings is 1. The summed E-state index contributed by atoms with van der Waals surface area (Å²) in [5.41, 5.74) is 1.98. The number of carbonyl (C=O) groups is 1. The van der Waals surface area contributed by atoms with Crippen LogP contribution in [0.1, 0.15) is 62.9 Å². The molecule has 1 saturated carbocycles. The molecule has 4 aliphatic rings. The van der Waals surface area contributed by atoms with Crippen molar-refractivity contribution < 1.29 is 9.53 Å². The lowest BCUT2D eigenvalue weighted by Gasteiger charge is -2.30. The summed E-state index contributed by atoms with van der Waals surface area (Å²) < 4.78 is 5.46. The van der Waals surface area contributed by atoms with Crippen LogP contribution in [0.3, 0.4) is 0 Å². The van der Waals surface area contributed by atoms with Gasteiger partial charge in [0.25, 0.3) is 0 Å². The van der Waals surface area contributed by atoms with E-state index < -0.39 is 0 Å². The van der Waals surface area contributed by atoms with Gasteiger partial charge in [-0.25, -0.2) is 4.98 Å². The first-order valence-corrected chi connectivity index (χ1v) is 11.0. The first-order chi connectivity index (χ1) is 13.7. The van der Waals surface area contributed by atoms with Crippen LogP contribution in [0.2, 0.25) is 0 Å². The van der Waals surface area contributed by atoms with Gasteiger partial charge in [-0.15, -0.1) is 0 Å². The molecule has 0 spiro atoms. The largest absolute Gasteiger partial charge is 0.379 e. The van der Waals surface area contributed by atoms with Gasteiger partial charge in [0, 0.05) is 32.1 Å². The number of anilines is 1. The zero-order chi connectivity index (χ0) is 19.1. The van der Waals surface area contributed by atoms with E-state index in [-0.39, 0.29) is 17.9 Å². The number of nitrogens with zero attached hydrogens (tertiary/aromatic N) is 4. The SMILES string of the molecule is CCCN1C(=O)C2CC(CN3CCOCC3)N=C2c2[nH]c(C3CCCC3)nc21. The van der Waals surface area contributed by atoms with Crippen LogP contribution in [0.25, 0.3) is 0 Å². The van der Waals surface area contributed by atoms with Gasteiger partial charge in [-0.1, -0.05) is 19.8 Å². The summed E-state index contributed by atoms with van der Waals surface area (Å²) in [7, 11) is 0. The van der Waals surface area contributed by atoms with Crippen LogP contribution >= 0.6 is 0 Å². The Hall–Kier alpha value is -1.73. The van der Waals surface area contributed by atoms with Crippen LogP contribution in [0, 0.1) is 5.92 Å². The summed E-state index contributed by atoms with van der Waals surface area (Å²) in [5, 5.41) is 0. The molecule has 4 heterocycles. The van der Waals surface area contributed by atoms with Gasteiger partial charge in [-0.2, -0.15) is 0 Å². The Kier molecular flexibility index (Phi) is 4.97. The second-order valence-electron chi connectivity index (χ2n) is 8.66. The Balaban J connectivity index is 1.44. The highest BCUT2D eigenvalue weighted by Gasteiger charge is 2.45. The number of nitrogens with one attached hydrogen (secondary N) is 1. The maximum atomic E-state index is 13.3. The number of hydrogen-bond acceptors (Lipinski definition) is 5. The van der Waals surface area contributed by atoms with E-state index in [9.17, 15) is 4.79 Å². The summed E-state index contributed by atoms with van der Waals surface area (Å²) in [5.74, 6) is 2.49. The third-order valence-corrected chi connectivity index (χ3v) is 6.70. The smallest absolute Gasteiger partial charge is 0.237 e. The Morgan fingerprint density at radius 1 is 1.21 bits per heavy atom. The van der Waals surface area contributed by atoms with Gasteiger partial charge in [-0.05, 0) is 25.7 Å². The second kappa shape index (κ2) is 7.59. The lowest BCUT2D eigenvalue weighted by atomic mass is 9.92. The molecule has 28 heavy (non-hydrogen) atoms. The van der Waals surface area contributed by atoms with Crippen LogP contribution in [0.15, 0.2) is 4.99 Å². The van der Waals surface area contributed by atoms with Crippen molar-refractivity contribution in [1.29, 1.82) is 0 Å². The number of fused-ring (bicyclic) bond motifs is 3. The number of aromatic nitrogens is 2. The maximum Gasteiger partial charge on any atom is 0.237 e. The average Bonchev–Trinajstić information content (AvgIpc) is 3.44. The molecule has 0 bridgehead atoms. The highest BCUT2D eigenvalue weighted by atomic mass is 16.5. The molecule has 7 heteroatoms. The highest BCUT2D eigenvalue weighted by Crippen LogP contribution is 2.39. The molecule has 152 valence electrons. The molecule has 1 N–H and O–H groups in total. The van der Waals surface area contributed by atoms with Gasteiger partial charge in [0.05, 0.1) is 30.9 Å². The maximum absolute atomic E-state index is 13.3. The van der Waals surface area contributed by atoms with Gasteiger partial charge in [0.1, 0.15) is 11.5 Å². The van der Waals surface area contributed by atoms with E-state index in [1.54, 1.807) is 0 Å². The van der Waals surface area contributed by atoms with Gasteiger partial charge >= 0.3 is 0 Å². The van der Waals surface area contributed by atoms with Crippen molar-refractivity contribution in [2.45, 2.75) is 57.4 Å². The van der Waals surface area contributed by atoms with E-state index in [1.165, 1.54) is 25.7 Å². The molecule has 1 saturated heterocycles. The predicted octanol–water partition coefficient (Wildman–Crippen LogP) is 2.33. The number of carbonyl (C=O) groups excluding carboxylic acids is 1. The Morgan fingerprint density at radius 2 is 2.00 bits per heavy atom. The topological polar surface area (TPSA) is 73.8 Å². The number of aromatic amines is 1. The minimum absolute atomic E-state index is 0.109. The summed E-state index contributed by atoms with van der Waals surface area (Å²) in [6.45, 7) is 7.29. The van der Waals surface area contributed by atoms with Crippen LogP contribution in [0.4, 0.5) is 5.82 Å². The van der Waals surface area contributed by atoms with Crippen molar-refractivity contribution in [2.75, 3.05) is 44.3 Å². The molecule has 1 aromatic heterocycles. The Bertz CT molecular complexity index is 761. The normalized spacial score (nSPS) is 28.5. The predicted molar refractivity (Wildman–Crippen MR) is 108 cm³/mol. The minimum Gasteiger partial charge on any atom is -0.379 e. The fraction of sp³-hybridized carbons (Fsp3) is 0.762. The number of hydrogen-bond donors (Lipinski definition) is 1. The van der Waals surface area contributed by atoms with Crippen molar-refractivity contribution >= 4 is 17.4 Å². The van der Waals surface area contributed by atoms with Gasteiger partial charge < -0.3 is 9.72 Å². The van der Waals surface area contributed by atoms with Crippen LogP contribution < -0.4 is 4.90 Å². The number of ether oxygens (including phenoxy) is 1. The van der Waals surface area contributed by atoms with E-state index in [2.05, 4.69) is 16.8 Å². The molecule has 5 rings (SSSR count). The Morgan fingerprint density at radius 3 is 2.75 bits per heavy atom. The molecule has 1 amide bonds. The average molecular weight is 386 g/mol. The number of rotatable bonds is 5. The van der Waals surface area contributed by atoms with Crippen LogP contribution in [-0.2, 0) is 9.53 Å². The van der Waals surface area contributed by atoms with Crippen LogP contribution in [-0.4, -0.2) is 71.9 Å². The van der Waals surface area contributed by atoms with Crippen LogP contribution in [0.5, 0.6) is 0 Å².